The van der Waals surface area contributed by atoms with Crippen LogP contribution in [0, 0.1) is 0 Å². The van der Waals surface area contributed by atoms with Crippen molar-refractivity contribution < 1.29 is 71.6 Å². The number of benzene rings is 4. The van der Waals surface area contributed by atoms with Crippen LogP contribution in [0.1, 0.15) is 44.5 Å². The van der Waals surface area contributed by atoms with Crippen molar-refractivity contribution in [3.63, 3.8) is 0 Å². The van der Waals surface area contributed by atoms with Gasteiger partial charge in [-0.2, -0.15) is 33.7 Å². The molecule has 0 spiro atoms. The molecule has 10 N–H and O–H groups in total. The van der Waals surface area contributed by atoms with Crippen molar-refractivity contribution in [1.82, 2.24) is 0 Å². The topological polar surface area (TPSA) is 328 Å². The van der Waals surface area contributed by atoms with E-state index in [-0.39, 0.29) is 82.3 Å². The van der Waals surface area contributed by atoms with E-state index < -0.39 is 97.2 Å². The van der Waals surface area contributed by atoms with E-state index >= 15 is 0 Å². The summed E-state index contributed by atoms with van der Waals surface area (Å²) in [6.45, 7) is -0.575. The molecule has 1 aliphatic rings. The smallest absolute Gasteiger partial charge is 0.294 e. The second-order valence-electron chi connectivity index (χ2n) is 12.2. The lowest BCUT2D eigenvalue weighted by molar-refractivity contribution is 0.321. The molecule has 292 valence electrons. The molecule has 0 heterocycles. The Hall–Kier alpha value is -4.36. The van der Waals surface area contributed by atoms with E-state index in [1.54, 1.807) is 0 Å². The van der Waals surface area contributed by atoms with Gasteiger partial charge in [0.15, 0.2) is 0 Å². The Kier molecular flexibility index (Phi) is 11.4. The lowest BCUT2D eigenvalue weighted by Gasteiger charge is -2.22. The van der Waals surface area contributed by atoms with Crippen LogP contribution in [0.25, 0.3) is 0 Å². The third-order valence-corrected chi connectivity index (χ3v) is 11.7. The van der Waals surface area contributed by atoms with E-state index in [2.05, 4.69) is 0 Å². The summed E-state index contributed by atoms with van der Waals surface area (Å²) in [5, 5.41) is 23.2. The molecule has 8 bridgehead atoms. The van der Waals surface area contributed by atoms with Crippen LogP contribution in [0.15, 0.2) is 68.1 Å². The van der Waals surface area contributed by atoms with Gasteiger partial charge in [-0.1, -0.05) is 0 Å². The highest BCUT2D eigenvalue weighted by Crippen LogP contribution is 2.41. The fourth-order valence-electron chi connectivity index (χ4n) is 6.07. The van der Waals surface area contributed by atoms with Crippen LogP contribution in [-0.4, -0.2) is 88.4 Å². The molecule has 5 rings (SSSR count). The first kappa shape index (κ1) is 40.8. The van der Waals surface area contributed by atoms with Crippen LogP contribution in [0.2, 0.25) is 0 Å². The Balaban J connectivity index is 1.98. The number of hydrogen-bond acceptors (Lipinski definition) is 14. The van der Waals surface area contributed by atoms with E-state index in [1.165, 1.54) is 0 Å². The fourth-order valence-corrected chi connectivity index (χ4v) is 8.40. The SMILES string of the molecule is NCCOc1c2cc(S(=O)(=O)O)cc1Cc1cc(S(=O)(=O)O)cc(c1O)Cc1cc(S(=O)(=O)O)cc(c1OCCN)Cc1cc(S(=O)(=O)O)cc(c1O)C2. The molecule has 22 heteroatoms. The Morgan fingerprint density at radius 3 is 0.815 bits per heavy atom. The van der Waals surface area contributed by atoms with E-state index in [9.17, 15) is 62.1 Å². The maximum absolute atomic E-state index is 12.5. The summed E-state index contributed by atoms with van der Waals surface area (Å²) in [7, 11) is -20.0. The van der Waals surface area contributed by atoms with E-state index in [0.29, 0.717) is 0 Å². The Morgan fingerprint density at radius 1 is 0.426 bits per heavy atom. The van der Waals surface area contributed by atoms with Gasteiger partial charge in [-0.05, 0) is 48.5 Å². The first-order valence-electron chi connectivity index (χ1n) is 15.6. The van der Waals surface area contributed by atoms with E-state index in [0.717, 1.165) is 48.5 Å². The lowest BCUT2D eigenvalue weighted by Crippen LogP contribution is -2.15. The van der Waals surface area contributed by atoms with Gasteiger partial charge >= 0.3 is 0 Å². The van der Waals surface area contributed by atoms with Gasteiger partial charge in [-0.15, -0.1) is 0 Å². The van der Waals surface area contributed by atoms with Crippen LogP contribution in [-0.2, 0) is 66.2 Å². The van der Waals surface area contributed by atoms with Gasteiger partial charge in [0.25, 0.3) is 40.5 Å². The van der Waals surface area contributed by atoms with Gasteiger partial charge in [0.05, 0.1) is 19.6 Å². The Labute approximate surface area is 310 Å². The van der Waals surface area contributed by atoms with Gasteiger partial charge in [0, 0.05) is 83.3 Å². The van der Waals surface area contributed by atoms with E-state index in [1.807, 2.05) is 0 Å². The summed E-state index contributed by atoms with van der Waals surface area (Å²) < 4.78 is 152. The number of ether oxygens (including phenoxy) is 2. The summed E-state index contributed by atoms with van der Waals surface area (Å²) in [4.78, 5) is -2.93. The molecule has 0 radical (unpaired) electrons. The molecule has 4 aromatic carbocycles. The van der Waals surface area contributed by atoms with Crippen molar-refractivity contribution in [2.75, 3.05) is 26.3 Å². The third kappa shape index (κ3) is 8.94. The average Bonchev–Trinajstić information content (AvgIpc) is 3.04. The number of phenolic OH excluding ortho intramolecular Hbond substituents is 2. The van der Waals surface area contributed by atoms with E-state index in [4.69, 9.17) is 20.9 Å². The van der Waals surface area contributed by atoms with Crippen LogP contribution >= 0.6 is 0 Å². The molecule has 0 aromatic heterocycles. The summed E-state index contributed by atoms with van der Waals surface area (Å²) in [6, 6.07) is 7.32. The normalized spacial score (nSPS) is 13.7. The fraction of sp³-hybridized carbons (Fsp3) is 0.250. The zero-order chi connectivity index (χ0) is 40.0. The zero-order valence-corrected chi connectivity index (χ0v) is 31.1. The number of aromatic hydroxyl groups is 2. The molecule has 1 aliphatic carbocycles. The number of rotatable bonds is 10. The second-order valence-corrected chi connectivity index (χ2v) is 17.9. The lowest BCUT2D eigenvalue weighted by atomic mass is 9.91. The van der Waals surface area contributed by atoms with Crippen molar-refractivity contribution in [3.8, 4) is 23.0 Å². The van der Waals surface area contributed by atoms with Crippen molar-refractivity contribution >= 4 is 40.5 Å². The highest BCUT2D eigenvalue weighted by atomic mass is 32.2. The minimum absolute atomic E-state index is 0.0853. The average molecular weight is 831 g/mol. The molecule has 0 unspecified atom stereocenters. The summed E-state index contributed by atoms with van der Waals surface area (Å²) in [5.41, 5.74) is 9.90. The largest absolute Gasteiger partial charge is 0.507 e. The van der Waals surface area contributed by atoms with Crippen molar-refractivity contribution in [2.24, 2.45) is 11.5 Å². The van der Waals surface area contributed by atoms with Crippen molar-refractivity contribution in [2.45, 2.75) is 45.3 Å². The molecule has 0 saturated heterocycles. The first-order chi connectivity index (χ1) is 25.0. The molecular formula is C32H34N2O16S4. The zero-order valence-electron chi connectivity index (χ0n) is 27.8. The van der Waals surface area contributed by atoms with Crippen LogP contribution in [0.4, 0.5) is 0 Å². The van der Waals surface area contributed by atoms with Crippen LogP contribution < -0.4 is 20.9 Å². The van der Waals surface area contributed by atoms with Crippen LogP contribution in [0.3, 0.4) is 0 Å². The summed E-state index contributed by atoms with van der Waals surface area (Å²) >= 11 is 0. The molecule has 0 amide bonds. The third-order valence-electron chi connectivity index (χ3n) is 8.36. The predicted molar refractivity (Wildman–Crippen MR) is 189 cm³/mol. The second kappa shape index (κ2) is 15.1. The van der Waals surface area contributed by atoms with Gasteiger partial charge in [0.2, 0.25) is 0 Å². The number of nitrogens with two attached hydrogens (primary N) is 2. The molecule has 54 heavy (non-hydrogen) atoms. The quantitative estimate of drug-likeness (QED) is 0.0923. The number of phenols is 2. The monoisotopic (exact) mass is 830 g/mol. The van der Waals surface area contributed by atoms with Gasteiger partial charge in [-0.3, -0.25) is 18.2 Å². The predicted octanol–water partition coefficient (Wildman–Crippen LogP) is 1.44. The van der Waals surface area contributed by atoms with Gasteiger partial charge < -0.3 is 31.2 Å². The molecule has 0 atom stereocenters. The molecule has 4 aromatic rings. The summed E-state index contributed by atoms with van der Waals surface area (Å²) in [6.07, 6.45) is -2.25. The Bertz CT molecular complexity index is 2330. The minimum Gasteiger partial charge on any atom is -0.507 e. The minimum atomic E-state index is -5.01. The number of fused-ring (bicyclic) bond motifs is 8. The Morgan fingerprint density at radius 2 is 0.630 bits per heavy atom. The molecule has 0 aliphatic heterocycles. The molecular weight excluding hydrogens is 797 g/mol. The highest BCUT2D eigenvalue weighted by molar-refractivity contribution is 7.86. The molecule has 18 nitrogen and oxygen atoms in total. The first-order valence-corrected chi connectivity index (χ1v) is 21.3. The molecule has 0 saturated carbocycles. The van der Waals surface area contributed by atoms with Crippen LogP contribution in [0.5, 0.6) is 23.0 Å². The standard InChI is InChI=1S/C32H34N2O16S4/c33-1-3-49-31-21-5-17-9-25(51(37,38)39)11-19(29(17)35)7-23-15-28(54(46,47)48)16-24(32(23)50-4-2-34)8-20-12-26(52(40,41)42)10-18(30(20)36)6-22(31)14-27(13-21)53(43,44)45/h9-16,35-36H,1-8,33-34H2,(H,37,38,39)(H,40,41,42)(H,43,44,45)(H,46,47,48). The van der Waals surface area contributed by atoms with Crippen molar-refractivity contribution in [3.05, 3.63) is 93.0 Å². The maximum atomic E-state index is 12.5. The molecule has 0 fully saturated rings. The van der Waals surface area contributed by atoms with Gasteiger partial charge in [-0.25, -0.2) is 0 Å². The summed E-state index contributed by atoms with van der Waals surface area (Å²) in [5.74, 6) is -1.47. The maximum Gasteiger partial charge on any atom is 0.294 e. The highest BCUT2D eigenvalue weighted by Gasteiger charge is 2.28. The number of hydrogen-bond donors (Lipinski definition) is 8. The van der Waals surface area contributed by atoms with Crippen molar-refractivity contribution in [1.29, 1.82) is 0 Å². The van der Waals surface area contributed by atoms with Gasteiger partial charge in [0.1, 0.15) is 36.2 Å².